The van der Waals surface area contributed by atoms with E-state index in [1.807, 2.05) is 79.2 Å². The summed E-state index contributed by atoms with van der Waals surface area (Å²) < 4.78 is 34.0. The topological polar surface area (TPSA) is 125 Å². The zero-order valence-electron chi connectivity index (χ0n) is 29.5. The Kier molecular flexibility index (Phi) is 15.5. The summed E-state index contributed by atoms with van der Waals surface area (Å²) in [7, 11) is 1.50. The number of phosphoric acid groups is 1. The highest BCUT2D eigenvalue weighted by atomic mass is 31.2. The summed E-state index contributed by atoms with van der Waals surface area (Å²) in [5, 5.41) is 0. The van der Waals surface area contributed by atoms with Crippen LogP contribution in [0.1, 0.15) is 94.1 Å². The van der Waals surface area contributed by atoms with Crippen molar-refractivity contribution in [2.24, 2.45) is 10.8 Å². The van der Waals surface area contributed by atoms with E-state index in [2.05, 4.69) is 0 Å². The van der Waals surface area contributed by atoms with Gasteiger partial charge in [-0.15, -0.1) is 0 Å². The Hall–Kier alpha value is -2.88. The summed E-state index contributed by atoms with van der Waals surface area (Å²) in [6.45, 7) is 9.73. The van der Waals surface area contributed by atoms with Gasteiger partial charge in [0.25, 0.3) is 0 Å². The average Bonchev–Trinajstić information content (AvgIpc) is 3.02. The van der Waals surface area contributed by atoms with Crippen LogP contribution >= 0.6 is 7.82 Å². The van der Waals surface area contributed by atoms with Gasteiger partial charge in [-0.3, -0.25) is 23.4 Å². The first-order valence-electron chi connectivity index (χ1n) is 16.4. The number of hydrogen-bond acceptors (Lipinski definition) is 8. The van der Waals surface area contributed by atoms with Crippen LogP contribution in [0.2, 0.25) is 0 Å². The Balaban J connectivity index is 2.13. The van der Waals surface area contributed by atoms with E-state index in [0.29, 0.717) is 35.0 Å². The van der Waals surface area contributed by atoms with Crippen LogP contribution < -0.4 is 0 Å². The molecule has 262 valence electrons. The van der Waals surface area contributed by atoms with Gasteiger partial charge in [0.1, 0.15) is 19.8 Å². The van der Waals surface area contributed by atoms with E-state index in [-0.39, 0.29) is 50.5 Å². The Morgan fingerprint density at radius 1 is 0.809 bits per heavy atom. The van der Waals surface area contributed by atoms with Crippen molar-refractivity contribution < 1.29 is 46.8 Å². The number of ketones is 1. The monoisotopic (exact) mass is 676 g/mol. The van der Waals surface area contributed by atoms with Crippen molar-refractivity contribution in [3.05, 3.63) is 71.3 Å². The molecule has 0 saturated carbocycles. The molecule has 0 spiro atoms. The van der Waals surface area contributed by atoms with Gasteiger partial charge in [-0.1, -0.05) is 81.8 Å². The van der Waals surface area contributed by atoms with Crippen LogP contribution in [0, 0.1) is 10.8 Å². The highest BCUT2D eigenvalue weighted by molar-refractivity contribution is 7.47. The van der Waals surface area contributed by atoms with Crippen molar-refractivity contribution >= 4 is 25.5 Å². The molecule has 0 aromatic heterocycles. The second kappa shape index (κ2) is 18.0. The molecule has 0 aliphatic heterocycles. The average molecular weight is 677 g/mol. The molecule has 1 N–H and O–H groups in total. The first-order chi connectivity index (χ1) is 22.0. The molecule has 4 atom stereocenters. The minimum atomic E-state index is -4.30. The lowest BCUT2D eigenvalue weighted by molar-refractivity contribution is -0.870. The SMILES string of the molecule is CCCCOC(=O)C(C)(CC(C)c1ccc(C(=O)c2ccccc2)cc1)CC(C)(CC)C(=O)OCCOP(=O)(O)OCC[N+](C)(C)C. The third kappa shape index (κ3) is 13.3. The number of nitrogens with zero attached hydrogens (tertiary/aromatic N) is 1. The fourth-order valence-corrected chi connectivity index (χ4v) is 6.05. The molecule has 0 aliphatic carbocycles. The van der Waals surface area contributed by atoms with E-state index in [9.17, 15) is 23.8 Å². The molecule has 4 unspecified atom stereocenters. The maximum Gasteiger partial charge on any atom is 0.472 e. The molecule has 11 heteroatoms. The number of benzene rings is 2. The number of carbonyl (C=O) groups is 3. The maximum atomic E-state index is 13.6. The van der Waals surface area contributed by atoms with Gasteiger partial charge in [0.05, 0.1) is 45.2 Å². The number of quaternary nitrogens is 1. The third-order valence-corrected chi connectivity index (χ3v) is 9.42. The number of hydrogen-bond donors (Lipinski definition) is 1. The van der Waals surface area contributed by atoms with Crippen LogP contribution in [-0.2, 0) is 32.7 Å². The number of rotatable bonds is 21. The van der Waals surface area contributed by atoms with Crippen LogP contribution in [0.4, 0.5) is 0 Å². The van der Waals surface area contributed by atoms with Gasteiger partial charge < -0.3 is 18.9 Å². The smallest absolute Gasteiger partial charge is 0.465 e. The first kappa shape index (κ1) is 40.3. The van der Waals surface area contributed by atoms with E-state index in [1.165, 1.54) is 0 Å². The lowest BCUT2D eigenvalue weighted by Crippen LogP contribution is -2.41. The first-order valence-corrected chi connectivity index (χ1v) is 17.9. The zero-order chi connectivity index (χ0) is 35.3. The van der Waals surface area contributed by atoms with Crippen molar-refractivity contribution in [1.29, 1.82) is 0 Å². The summed E-state index contributed by atoms with van der Waals surface area (Å²) in [4.78, 5) is 49.9. The summed E-state index contributed by atoms with van der Waals surface area (Å²) in [6.07, 6.45) is 2.56. The van der Waals surface area contributed by atoms with Crippen molar-refractivity contribution in [3.8, 4) is 0 Å². The molecule has 0 bridgehead atoms. The number of carbonyl (C=O) groups excluding carboxylic acids is 3. The lowest BCUT2D eigenvalue weighted by atomic mass is 9.67. The standard InChI is InChI=1S/C36H54NO9P/c1-9-11-22-43-34(40)36(5,26-28(3)29-17-19-31(20-18-29)32(38)30-15-13-12-14-16-30)27-35(4,10-2)33(39)44-24-25-46-47(41,42)45-23-21-37(6,7)8/h12-20,28H,9-11,21-27H2,1-8H3/p+1. The van der Waals surface area contributed by atoms with Crippen molar-refractivity contribution in [3.63, 3.8) is 0 Å². The number of unbranched alkanes of at least 4 members (excludes halogenated alkanes) is 1. The van der Waals surface area contributed by atoms with Gasteiger partial charge in [-0.05, 0) is 51.0 Å². The molecule has 0 saturated heterocycles. The van der Waals surface area contributed by atoms with Crippen molar-refractivity contribution in [2.45, 2.75) is 72.6 Å². The molecule has 47 heavy (non-hydrogen) atoms. The molecule has 2 aromatic rings. The van der Waals surface area contributed by atoms with Gasteiger partial charge in [0.15, 0.2) is 5.78 Å². The van der Waals surface area contributed by atoms with Gasteiger partial charge in [0, 0.05) is 11.1 Å². The van der Waals surface area contributed by atoms with Gasteiger partial charge in [0.2, 0.25) is 0 Å². The highest BCUT2D eigenvalue weighted by Gasteiger charge is 2.46. The maximum absolute atomic E-state index is 13.6. The molecule has 0 amide bonds. The largest absolute Gasteiger partial charge is 0.472 e. The van der Waals surface area contributed by atoms with E-state index < -0.39 is 24.6 Å². The Morgan fingerprint density at radius 3 is 1.94 bits per heavy atom. The van der Waals surface area contributed by atoms with Crippen LogP contribution in [0.15, 0.2) is 54.6 Å². The second-order valence-corrected chi connectivity index (χ2v) is 15.3. The van der Waals surface area contributed by atoms with Gasteiger partial charge >= 0.3 is 19.8 Å². The molecular weight excluding hydrogens is 621 g/mol. The number of ether oxygens (including phenoxy) is 2. The van der Waals surface area contributed by atoms with Gasteiger partial charge in [-0.2, -0.15) is 0 Å². The van der Waals surface area contributed by atoms with Gasteiger partial charge in [-0.25, -0.2) is 4.57 Å². The Bertz CT molecular complexity index is 1340. The predicted molar refractivity (Wildman–Crippen MR) is 182 cm³/mol. The summed E-state index contributed by atoms with van der Waals surface area (Å²) in [5.41, 5.74) is 0.0623. The summed E-state index contributed by atoms with van der Waals surface area (Å²) in [6, 6.07) is 16.5. The highest BCUT2D eigenvalue weighted by Crippen LogP contribution is 2.45. The number of likely N-dealkylation sites (N-methyl/N-ethyl adjacent to an activating group) is 1. The molecule has 10 nitrogen and oxygen atoms in total. The van der Waals surface area contributed by atoms with E-state index in [4.69, 9.17) is 18.5 Å². The summed E-state index contributed by atoms with van der Waals surface area (Å²) in [5.74, 6) is -1.07. The number of phosphoric ester groups is 1. The van der Waals surface area contributed by atoms with Crippen LogP contribution in [0.3, 0.4) is 0 Å². The van der Waals surface area contributed by atoms with E-state index in [0.717, 1.165) is 18.4 Å². The van der Waals surface area contributed by atoms with Crippen molar-refractivity contribution in [2.75, 3.05) is 54.1 Å². The zero-order valence-corrected chi connectivity index (χ0v) is 30.3. The molecule has 0 aliphatic rings. The van der Waals surface area contributed by atoms with Crippen LogP contribution in [-0.4, -0.2) is 81.2 Å². The Labute approximate surface area is 280 Å². The molecule has 0 fully saturated rings. The van der Waals surface area contributed by atoms with E-state index in [1.54, 1.807) is 31.2 Å². The fourth-order valence-electron chi connectivity index (χ4n) is 5.36. The minimum Gasteiger partial charge on any atom is -0.465 e. The quantitative estimate of drug-likeness (QED) is 0.0492. The second-order valence-electron chi connectivity index (χ2n) is 13.8. The fraction of sp³-hybridized carbons (Fsp3) is 0.583. The predicted octanol–water partition coefficient (Wildman–Crippen LogP) is 6.95. The molecule has 0 heterocycles. The van der Waals surface area contributed by atoms with Crippen molar-refractivity contribution in [1.82, 2.24) is 0 Å². The molecule has 0 radical (unpaired) electrons. The third-order valence-electron chi connectivity index (χ3n) is 8.40. The number of esters is 2. The van der Waals surface area contributed by atoms with Crippen LogP contribution in [0.25, 0.3) is 0 Å². The Morgan fingerprint density at radius 2 is 1.36 bits per heavy atom. The molecule has 2 rings (SSSR count). The molecule has 2 aromatic carbocycles. The molecular formula is C36H55NO9P+. The van der Waals surface area contributed by atoms with E-state index >= 15 is 0 Å². The minimum absolute atomic E-state index is 0.0340. The van der Waals surface area contributed by atoms with Crippen LogP contribution in [0.5, 0.6) is 0 Å². The summed E-state index contributed by atoms with van der Waals surface area (Å²) >= 11 is 0. The lowest BCUT2D eigenvalue weighted by Gasteiger charge is -2.37. The normalized spacial score (nSPS) is 16.3.